The predicted octanol–water partition coefficient (Wildman–Crippen LogP) is 2.00. The van der Waals surface area contributed by atoms with Crippen LogP contribution in [-0.2, 0) is 0 Å². The number of halogens is 1. The Labute approximate surface area is 114 Å². The summed E-state index contributed by atoms with van der Waals surface area (Å²) in [4.78, 5) is 15.4. The second-order valence-corrected chi connectivity index (χ2v) is 3.75. The summed E-state index contributed by atoms with van der Waals surface area (Å²) in [5.41, 5.74) is 7.91. The van der Waals surface area contributed by atoms with Crippen molar-refractivity contribution >= 4 is 17.5 Å². The first kappa shape index (κ1) is 13.3. The molecule has 2 rings (SSSR count). The van der Waals surface area contributed by atoms with Crippen LogP contribution >= 0.6 is 0 Å². The summed E-state index contributed by atoms with van der Waals surface area (Å²) in [6.45, 7) is 0. The summed E-state index contributed by atoms with van der Waals surface area (Å²) < 4.78 is 13.7. The van der Waals surface area contributed by atoms with E-state index in [1.807, 2.05) is 6.07 Å². The summed E-state index contributed by atoms with van der Waals surface area (Å²) >= 11 is 0. The molecule has 0 aliphatic carbocycles. The summed E-state index contributed by atoms with van der Waals surface area (Å²) in [5, 5.41) is 9.75. The number of primary amides is 1. The minimum absolute atomic E-state index is 0.0606. The van der Waals surface area contributed by atoms with Crippen molar-refractivity contribution in [2.75, 3.05) is 10.4 Å². The number of urea groups is 1. The zero-order chi connectivity index (χ0) is 14.5. The van der Waals surface area contributed by atoms with Gasteiger partial charge in [0.15, 0.2) is 5.82 Å². The van der Waals surface area contributed by atoms with Crippen LogP contribution in [0.5, 0.6) is 0 Å². The molecule has 6 nitrogen and oxygen atoms in total. The third-order valence-corrected chi connectivity index (χ3v) is 2.46. The molecule has 0 saturated carbocycles. The van der Waals surface area contributed by atoms with Crippen LogP contribution in [-0.4, -0.2) is 11.0 Å². The summed E-state index contributed by atoms with van der Waals surface area (Å²) in [6, 6.07) is 9.67. The minimum atomic E-state index is -0.926. The number of para-hydroxylation sites is 1. The van der Waals surface area contributed by atoms with E-state index in [0.29, 0.717) is 0 Å². The molecule has 0 unspecified atom stereocenters. The van der Waals surface area contributed by atoms with Gasteiger partial charge in [-0.3, -0.25) is 5.43 Å². The first-order valence-corrected chi connectivity index (χ1v) is 5.59. The smallest absolute Gasteiger partial charge is 0.338 e. The highest BCUT2D eigenvalue weighted by molar-refractivity contribution is 5.92. The number of hydrogen-bond donors (Lipinski definition) is 2. The minimum Gasteiger partial charge on any atom is -0.350 e. The van der Waals surface area contributed by atoms with Crippen molar-refractivity contribution in [1.29, 1.82) is 5.26 Å². The second kappa shape index (κ2) is 5.67. The lowest BCUT2D eigenvalue weighted by molar-refractivity contribution is 0.255. The third-order valence-electron chi connectivity index (χ3n) is 2.46. The van der Waals surface area contributed by atoms with Crippen molar-refractivity contribution in [3.05, 3.63) is 54.0 Å². The van der Waals surface area contributed by atoms with Gasteiger partial charge in [-0.25, -0.2) is 19.2 Å². The molecule has 0 saturated heterocycles. The Kier molecular flexibility index (Phi) is 3.77. The maximum Gasteiger partial charge on any atom is 0.338 e. The Morgan fingerprint density at radius 2 is 2.10 bits per heavy atom. The van der Waals surface area contributed by atoms with Gasteiger partial charge in [-0.1, -0.05) is 12.1 Å². The molecule has 0 aliphatic rings. The quantitative estimate of drug-likeness (QED) is 0.835. The maximum absolute atomic E-state index is 13.7. The van der Waals surface area contributed by atoms with Gasteiger partial charge < -0.3 is 5.73 Å². The Morgan fingerprint density at radius 3 is 2.75 bits per heavy atom. The van der Waals surface area contributed by atoms with Gasteiger partial charge in [0.05, 0.1) is 5.56 Å². The zero-order valence-electron chi connectivity index (χ0n) is 10.2. The highest BCUT2D eigenvalue weighted by Crippen LogP contribution is 2.20. The van der Waals surface area contributed by atoms with Crippen molar-refractivity contribution in [2.24, 2.45) is 5.73 Å². The number of rotatable bonds is 3. The average molecular weight is 271 g/mol. The topological polar surface area (TPSA) is 95.0 Å². The Bertz CT molecular complexity index is 682. The fraction of sp³-hybridized carbons (Fsp3) is 0. The predicted molar refractivity (Wildman–Crippen MR) is 71.0 cm³/mol. The van der Waals surface area contributed by atoms with E-state index in [-0.39, 0.29) is 17.1 Å². The van der Waals surface area contributed by atoms with Gasteiger partial charge in [0, 0.05) is 6.20 Å². The SMILES string of the molecule is N#Cc1cccnc1NN(C(N)=O)c1ccccc1F. The molecule has 0 spiro atoms. The van der Waals surface area contributed by atoms with Gasteiger partial charge in [0.2, 0.25) is 0 Å². The molecule has 0 aliphatic heterocycles. The maximum atomic E-state index is 13.7. The first-order valence-electron chi connectivity index (χ1n) is 5.59. The molecular weight excluding hydrogens is 261 g/mol. The molecule has 2 aromatic rings. The molecular formula is C13H10FN5O. The van der Waals surface area contributed by atoms with Gasteiger partial charge in [-0.05, 0) is 24.3 Å². The number of benzene rings is 1. The molecule has 0 radical (unpaired) electrons. The molecule has 100 valence electrons. The number of aromatic nitrogens is 1. The van der Waals surface area contributed by atoms with Gasteiger partial charge in [0.25, 0.3) is 0 Å². The molecule has 0 atom stereocenters. The van der Waals surface area contributed by atoms with E-state index in [1.165, 1.54) is 30.5 Å². The highest BCUT2D eigenvalue weighted by atomic mass is 19.1. The largest absolute Gasteiger partial charge is 0.350 e. The van der Waals surface area contributed by atoms with E-state index in [2.05, 4.69) is 10.4 Å². The lowest BCUT2D eigenvalue weighted by Gasteiger charge is -2.22. The second-order valence-electron chi connectivity index (χ2n) is 3.75. The number of nitriles is 1. The highest BCUT2D eigenvalue weighted by Gasteiger charge is 2.18. The molecule has 20 heavy (non-hydrogen) atoms. The molecule has 1 heterocycles. The van der Waals surface area contributed by atoms with Crippen LogP contribution in [0, 0.1) is 17.1 Å². The van der Waals surface area contributed by atoms with Crippen molar-refractivity contribution in [2.45, 2.75) is 0 Å². The molecule has 2 amide bonds. The standard InChI is InChI=1S/C13H10FN5O/c14-10-5-1-2-6-11(10)19(13(16)20)18-12-9(8-15)4-3-7-17-12/h1-7H,(H2,16,20)(H,17,18). The van der Waals surface area contributed by atoms with Gasteiger partial charge in [0.1, 0.15) is 17.6 Å². The Morgan fingerprint density at radius 1 is 1.35 bits per heavy atom. The summed E-state index contributed by atoms with van der Waals surface area (Å²) in [5.74, 6) is -0.523. The fourth-order valence-corrected chi connectivity index (χ4v) is 1.56. The number of pyridine rings is 1. The van der Waals surface area contributed by atoms with Crippen molar-refractivity contribution in [3.63, 3.8) is 0 Å². The Hall–Kier alpha value is -3.14. The molecule has 1 aromatic carbocycles. The molecule has 1 aromatic heterocycles. The third kappa shape index (κ3) is 2.64. The number of nitrogens with one attached hydrogen (secondary N) is 1. The van der Waals surface area contributed by atoms with Gasteiger partial charge in [-0.2, -0.15) is 5.26 Å². The van der Waals surface area contributed by atoms with Crippen LogP contribution in [0.1, 0.15) is 5.56 Å². The van der Waals surface area contributed by atoms with E-state index in [1.54, 1.807) is 12.1 Å². The molecule has 3 N–H and O–H groups in total. The number of hydrazine groups is 1. The van der Waals surface area contributed by atoms with Crippen molar-refractivity contribution in [3.8, 4) is 6.07 Å². The van der Waals surface area contributed by atoms with E-state index >= 15 is 0 Å². The van der Waals surface area contributed by atoms with E-state index in [0.717, 1.165) is 5.01 Å². The van der Waals surface area contributed by atoms with Crippen LogP contribution in [0.2, 0.25) is 0 Å². The van der Waals surface area contributed by atoms with Crippen molar-refractivity contribution < 1.29 is 9.18 Å². The first-order chi connectivity index (χ1) is 9.63. The normalized spacial score (nSPS) is 9.60. The van der Waals surface area contributed by atoms with Crippen LogP contribution < -0.4 is 16.2 Å². The van der Waals surface area contributed by atoms with Crippen LogP contribution in [0.3, 0.4) is 0 Å². The lowest BCUT2D eigenvalue weighted by atomic mass is 10.3. The van der Waals surface area contributed by atoms with Crippen molar-refractivity contribution in [1.82, 2.24) is 4.98 Å². The zero-order valence-corrected chi connectivity index (χ0v) is 10.2. The lowest BCUT2D eigenvalue weighted by Crippen LogP contribution is -2.41. The Balaban J connectivity index is 2.39. The van der Waals surface area contributed by atoms with Crippen LogP contribution in [0.25, 0.3) is 0 Å². The number of carbonyl (C=O) groups excluding carboxylic acids is 1. The monoisotopic (exact) mass is 271 g/mol. The summed E-state index contributed by atoms with van der Waals surface area (Å²) in [7, 11) is 0. The molecule has 0 bridgehead atoms. The average Bonchev–Trinajstić information content (AvgIpc) is 2.46. The number of hydrogen-bond acceptors (Lipinski definition) is 4. The summed E-state index contributed by atoms with van der Waals surface area (Å²) in [6.07, 6.45) is 1.43. The molecule has 7 heteroatoms. The van der Waals surface area contributed by atoms with Crippen LogP contribution in [0.4, 0.5) is 20.7 Å². The van der Waals surface area contributed by atoms with Crippen LogP contribution in [0.15, 0.2) is 42.6 Å². The number of amides is 2. The van der Waals surface area contributed by atoms with Gasteiger partial charge >= 0.3 is 6.03 Å². The fourth-order valence-electron chi connectivity index (χ4n) is 1.56. The van der Waals surface area contributed by atoms with E-state index in [4.69, 9.17) is 11.0 Å². The number of nitrogens with zero attached hydrogens (tertiary/aromatic N) is 3. The number of anilines is 2. The molecule has 0 fully saturated rings. The number of nitrogens with two attached hydrogens (primary N) is 1. The number of carbonyl (C=O) groups is 1. The van der Waals surface area contributed by atoms with Gasteiger partial charge in [-0.15, -0.1) is 0 Å². The van der Waals surface area contributed by atoms with E-state index < -0.39 is 11.8 Å². The van der Waals surface area contributed by atoms with E-state index in [9.17, 15) is 9.18 Å².